The lowest BCUT2D eigenvalue weighted by Crippen LogP contribution is -2.50. The van der Waals surface area contributed by atoms with Crippen LogP contribution in [0.25, 0.3) is 6.08 Å². The first-order chi connectivity index (χ1) is 18.0. The van der Waals surface area contributed by atoms with E-state index in [2.05, 4.69) is 29.1 Å². The van der Waals surface area contributed by atoms with Crippen molar-refractivity contribution >= 4 is 39.6 Å². The molecular formula is C28H39N5O4S. The van der Waals surface area contributed by atoms with E-state index in [9.17, 15) is 18.0 Å². The number of nitrogens with zero attached hydrogens (tertiary/aromatic N) is 3. The Kier molecular flexibility index (Phi) is 9.74. The number of anilines is 1. The molecule has 10 heteroatoms. The highest BCUT2D eigenvalue weighted by molar-refractivity contribution is 7.92. The summed E-state index contributed by atoms with van der Waals surface area (Å²) in [7, 11) is -2.11. The standard InChI is InChI=1S/C28H39N5O4S/c1-5-6-7-8-9-10-11-12-25-30-26(34)28(31-25)14-16-33(17-15-28)38(36,37)18-13-24-21(2)19-23(20-22(24)3)32(4)27(29)35/h13,18-20H,5-8,11-12,14-17H2,1-4H3,(H2,29,35)(H,30,31,34). The van der Waals surface area contributed by atoms with E-state index < -0.39 is 21.6 Å². The number of aryl methyl sites for hydroxylation is 2. The largest absolute Gasteiger partial charge is 0.351 e. The van der Waals surface area contributed by atoms with Gasteiger partial charge in [0.05, 0.1) is 0 Å². The molecule has 1 spiro atoms. The van der Waals surface area contributed by atoms with Gasteiger partial charge in [0.2, 0.25) is 10.0 Å². The Morgan fingerprint density at radius 3 is 2.42 bits per heavy atom. The highest BCUT2D eigenvalue weighted by atomic mass is 32.2. The van der Waals surface area contributed by atoms with Crippen LogP contribution in [0.4, 0.5) is 10.5 Å². The third-order valence-corrected chi connectivity index (χ3v) is 8.72. The molecule has 206 valence electrons. The number of urea groups is 1. The number of sulfonamides is 1. The minimum absolute atomic E-state index is 0.150. The highest BCUT2D eigenvalue weighted by Crippen LogP contribution is 2.32. The average molecular weight is 542 g/mol. The van der Waals surface area contributed by atoms with Gasteiger partial charge in [-0.05, 0) is 68.0 Å². The van der Waals surface area contributed by atoms with Crippen LogP contribution in [0.5, 0.6) is 0 Å². The topological polar surface area (TPSA) is 125 Å². The summed E-state index contributed by atoms with van der Waals surface area (Å²) >= 11 is 0. The summed E-state index contributed by atoms with van der Waals surface area (Å²) in [5.41, 5.74) is 7.52. The fourth-order valence-electron chi connectivity index (χ4n) is 4.75. The van der Waals surface area contributed by atoms with Gasteiger partial charge in [-0.2, -0.15) is 4.31 Å². The second kappa shape index (κ2) is 12.6. The summed E-state index contributed by atoms with van der Waals surface area (Å²) in [5.74, 6) is 6.82. The maximum absolute atomic E-state index is 13.1. The fourth-order valence-corrected chi connectivity index (χ4v) is 5.92. The summed E-state index contributed by atoms with van der Waals surface area (Å²) in [4.78, 5) is 30.3. The molecule has 3 rings (SSSR count). The normalized spacial score (nSPS) is 17.3. The van der Waals surface area contributed by atoms with Crippen LogP contribution in [0.15, 0.2) is 22.5 Å². The molecule has 0 aliphatic carbocycles. The van der Waals surface area contributed by atoms with Gasteiger partial charge in [0, 0.05) is 50.5 Å². The van der Waals surface area contributed by atoms with E-state index in [-0.39, 0.29) is 19.0 Å². The molecule has 1 aromatic carbocycles. The number of benzene rings is 1. The third-order valence-electron chi connectivity index (χ3n) is 7.16. The molecule has 0 bridgehead atoms. The molecule has 0 unspecified atom stereocenters. The molecule has 9 nitrogen and oxygen atoms in total. The SMILES string of the molecule is CCCCCC#CCCC1=NC2(CCN(S(=O)(=O)C=Cc3c(C)cc(N(C)C(N)=O)cc3C)CC2)C(=O)N1. The molecule has 1 aromatic rings. The van der Waals surface area contributed by atoms with Gasteiger partial charge in [0.25, 0.3) is 5.91 Å². The Bertz CT molecular complexity index is 1260. The predicted octanol–water partition coefficient (Wildman–Crippen LogP) is 3.85. The number of carbonyl (C=O) groups excluding carboxylic acids is 2. The van der Waals surface area contributed by atoms with Crippen molar-refractivity contribution in [3.63, 3.8) is 0 Å². The molecule has 2 aliphatic rings. The smallest absolute Gasteiger partial charge is 0.318 e. The van der Waals surface area contributed by atoms with E-state index in [1.165, 1.54) is 27.5 Å². The zero-order valence-corrected chi connectivity index (χ0v) is 23.7. The van der Waals surface area contributed by atoms with Crippen LogP contribution in [0.2, 0.25) is 0 Å². The molecule has 1 fully saturated rings. The second-order valence-corrected chi connectivity index (χ2v) is 11.8. The molecule has 0 atom stereocenters. The maximum atomic E-state index is 13.1. The molecule has 2 aliphatic heterocycles. The van der Waals surface area contributed by atoms with Gasteiger partial charge in [0.15, 0.2) is 0 Å². The quantitative estimate of drug-likeness (QED) is 0.364. The van der Waals surface area contributed by atoms with Crippen LogP contribution in [-0.2, 0) is 14.8 Å². The van der Waals surface area contributed by atoms with Crippen molar-refractivity contribution in [2.24, 2.45) is 10.7 Å². The molecule has 3 N–H and O–H groups in total. The van der Waals surface area contributed by atoms with E-state index in [4.69, 9.17) is 5.73 Å². The number of rotatable bonds is 9. The first kappa shape index (κ1) is 29.4. The number of amides is 3. The van der Waals surface area contributed by atoms with Crippen molar-refractivity contribution in [1.82, 2.24) is 9.62 Å². The maximum Gasteiger partial charge on any atom is 0.318 e. The molecule has 0 radical (unpaired) electrons. The zero-order chi connectivity index (χ0) is 27.9. The van der Waals surface area contributed by atoms with Crippen LogP contribution in [0.3, 0.4) is 0 Å². The van der Waals surface area contributed by atoms with Crippen LogP contribution < -0.4 is 16.0 Å². The van der Waals surface area contributed by atoms with Gasteiger partial charge in [-0.3, -0.25) is 14.7 Å². The van der Waals surface area contributed by atoms with Crippen molar-refractivity contribution in [2.75, 3.05) is 25.0 Å². The number of unbranched alkanes of at least 4 members (excludes halogenated alkanes) is 3. The van der Waals surface area contributed by atoms with E-state index in [0.29, 0.717) is 37.2 Å². The van der Waals surface area contributed by atoms with Gasteiger partial charge in [-0.25, -0.2) is 13.2 Å². The number of piperidine rings is 1. The van der Waals surface area contributed by atoms with Crippen molar-refractivity contribution < 1.29 is 18.0 Å². The Labute approximate surface area is 226 Å². The van der Waals surface area contributed by atoms with Crippen molar-refractivity contribution in [3.05, 3.63) is 34.2 Å². The molecule has 1 saturated heterocycles. The lowest BCUT2D eigenvalue weighted by molar-refractivity contribution is -0.124. The number of aliphatic imine (C=N–C) groups is 1. The number of primary amides is 1. The number of amidine groups is 1. The Morgan fingerprint density at radius 1 is 1.18 bits per heavy atom. The number of carbonyl (C=O) groups is 2. The Morgan fingerprint density at radius 2 is 1.82 bits per heavy atom. The Balaban J connectivity index is 1.61. The van der Waals surface area contributed by atoms with E-state index >= 15 is 0 Å². The summed E-state index contributed by atoms with van der Waals surface area (Å²) < 4.78 is 27.6. The molecule has 0 saturated carbocycles. The van der Waals surface area contributed by atoms with E-state index in [0.717, 1.165) is 29.5 Å². The second-order valence-electron chi connectivity index (χ2n) is 9.99. The average Bonchev–Trinajstić information content (AvgIpc) is 3.16. The zero-order valence-electron chi connectivity index (χ0n) is 22.8. The number of hydrogen-bond donors (Lipinski definition) is 2. The first-order valence-corrected chi connectivity index (χ1v) is 14.7. The van der Waals surface area contributed by atoms with Crippen molar-refractivity contribution in [1.29, 1.82) is 0 Å². The highest BCUT2D eigenvalue weighted by Gasteiger charge is 2.46. The molecule has 38 heavy (non-hydrogen) atoms. The first-order valence-electron chi connectivity index (χ1n) is 13.2. The van der Waals surface area contributed by atoms with Crippen LogP contribution in [-0.4, -0.2) is 56.2 Å². The van der Waals surface area contributed by atoms with Crippen LogP contribution in [0, 0.1) is 25.7 Å². The lowest BCUT2D eigenvalue weighted by atomic mass is 9.89. The molecular weight excluding hydrogens is 502 g/mol. The molecule has 3 amide bonds. The molecule has 2 heterocycles. The van der Waals surface area contributed by atoms with Crippen molar-refractivity contribution in [3.8, 4) is 11.8 Å². The minimum Gasteiger partial charge on any atom is -0.351 e. The third kappa shape index (κ3) is 7.03. The Hall–Kier alpha value is -3.16. The van der Waals surface area contributed by atoms with Gasteiger partial charge in [0.1, 0.15) is 11.4 Å². The van der Waals surface area contributed by atoms with Gasteiger partial charge in [-0.15, -0.1) is 11.8 Å². The van der Waals surface area contributed by atoms with Gasteiger partial charge in [-0.1, -0.05) is 19.8 Å². The van der Waals surface area contributed by atoms with E-state index in [1.807, 2.05) is 13.8 Å². The van der Waals surface area contributed by atoms with Gasteiger partial charge >= 0.3 is 6.03 Å². The lowest BCUT2D eigenvalue weighted by Gasteiger charge is -2.34. The molecule has 0 aromatic heterocycles. The van der Waals surface area contributed by atoms with Crippen LogP contribution in [0.1, 0.15) is 75.0 Å². The summed E-state index contributed by atoms with van der Waals surface area (Å²) in [6, 6.07) is 3.01. The summed E-state index contributed by atoms with van der Waals surface area (Å²) in [6.45, 7) is 6.31. The van der Waals surface area contributed by atoms with E-state index in [1.54, 1.807) is 25.3 Å². The summed E-state index contributed by atoms with van der Waals surface area (Å²) in [5, 5.41) is 4.10. The van der Waals surface area contributed by atoms with Crippen molar-refractivity contribution in [2.45, 2.75) is 77.7 Å². The van der Waals surface area contributed by atoms with Gasteiger partial charge < -0.3 is 11.1 Å². The summed E-state index contributed by atoms with van der Waals surface area (Å²) in [6.07, 6.45) is 7.86. The predicted molar refractivity (Wildman–Crippen MR) is 152 cm³/mol. The number of nitrogens with one attached hydrogen (secondary N) is 1. The van der Waals surface area contributed by atoms with Crippen LogP contribution >= 0.6 is 0 Å². The number of nitrogens with two attached hydrogens (primary N) is 1. The fraction of sp³-hybridized carbons (Fsp3) is 0.536. The number of hydrogen-bond acceptors (Lipinski definition) is 5. The monoisotopic (exact) mass is 541 g/mol. The minimum atomic E-state index is -3.69.